The van der Waals surface area contributed by atoms with Crippen LogP contribution in [0.3, 0.4) is 0 Å². The number of halogens is 3. The van der Waals surface area contributed by atoms with Crippen molar-refractivity contribution >= 4 is 11.8 Å². The Morgan fingerprint density at radius 3 is 2.15 bits per heavy atom. The molecule has 5 nitrogen and oxygen atoms in total. The van der Waals surface area contributed by atoms with Crippen LogP contribution in [-0.2, 0) is 5.41 Å². The number of carbonyl (C=O) groups excluding carboxylic acids is 2. The topological polar surface area (TPSA) is 92.4 Å². The Morgan fingerprint density at radius 1 is 1.20 bits per heavy atom. The lowest BCUT2D eigenvalue weighted by atomic mass is 9.82. The Morgan fingerprint density at radius 2 is 1.75 bits per heavy atom. The molecular weight excluding hydrogens is 277 g/mol. The van der Waals surface area contributed by atoms with E-state index in [1.54, 1.807) is 0 Å². The molecule has 2 amide bonds. The highest BCUT2D eigenvalue weighted by Crippen LogP contribution is 2.40. The van der Waals surface area contributed by atoms with Gasteiger partial charge in [0.1, 0.15) is 0 Å². The molecule has 0 aromatic heterocycles. The first-order chi connectivity index (χ1) is 9.02. The Balaban J connectivity index is 3.48. The van der Waals surface area contributed by atoms with Gasteiger partial charge in [-0.15, -0.1) is 0 Å². The van der Waals surface area contributed by atoms with Crippen LogP contribution in [0.2, 0.25) is 0 Å². The third-order valence-corrected chi connectivity index (χ3v) is 3.06. The van der Waals surface area contributed by atoms with Crippen molar-refractivity contribution in [2.75, 3.05) is 0 Å². The number of nitrogens with one attached hydrogen (secondary N) is 1. The quantitative estimate of drug-likeness (QED) is 0.585. The largest absolute Gasteiger partial charge is 0.397 e. The van der Waals surface area contributed by atoms with Crippen LogP contribution in [0.5, 0.6) is 0 Å². The zero-order valence-corrected chi connectivity index (χ0v) is 10.7. The highest BCUT2D eigenvalue weighted by Gasteiger charge is 2.48. The third-order valence-electron chi connectivity index (χ3n) is 3.06. The van der Waals surface area contributed by atoms with E-state index in [1.807, 2.05) is 0 Å². The fraction of sp³-hybridized carbons (Fsp3) is 0.333. The third kappa shape index (κ3) is 2.74. The van der Waals surface area contributed by atoms with Gasteiger partial charge in [0.05, 0.1) is 16.5 Å². The lowest BCUT2D eigenvalue weighted by molar-refractivity contribution is -0.180. The summed E-state index contributed by atoms with van der Waals surface area (Å²) in [6.45, 7) is 1.87. The van der Waals surface area contributed by atoms with Gasteiger partial charge in [0.15, 0.2) is 0 Å². The summed E-state index contributed by atoms with van der Waals surface area (Å²) in [5, 5.41) is 8.57. The van der Waals surface area contributed by atoms with Crippen LogP contribution in [0.15, 0.2) is 18.2 Å². The molecule has 1 rings (SSSR count). The normalized spacial score (nSPS) is 12.1. The minimum atomic E-state index is -4.55. The molecule has 4 N–H and O–H groups in total. The van der Waals surface area contributed by atoms with Gasteiger partial charge in [-0.1, -0.05) is 6.07 Å². The van der Waals surface area contributed by atoms with E-state index in [4.69, 9.17) is 10.9 Å². The van der Waals surface area contributed by atoms with E-state index < -0.39 is 29.0 Å². The average Bonchev–Trinajstić information content (AvgIpc) is 2.35. The van der Waals surface area contributed by atoms with E-state index >= 15 is 0 Å². The number of amides is 2. The fourth-order valence-electron chi connectivity index (χ4n) is 1.56. The van der Waals surface area contributed by atoms with Gasteiger partial charge in [0, 0.05) is 0 Å². The predicted octanol–water partition coefficient (Wildman–Crippen LogP) is 1.74. The molecule has 8 heteroatoms. The smallest absolute Gasteiger partial charge is 0.366 e. The van der Waals surface area contributed by atoms with Crippen molar-refractivity contribution in [3.8, 4) is 0 Å². The average molecular weight is 290 g/mol. The Hall–Kier alpha value is -2.09. The van der Waals surface area contributed by atoms with Gasteiger partial charge in [0.25, 0.3) is 5.91 Å². The molecule has 20 heavy (non-hydrogen) atoms. The number of primary amides is 1. The number of benzene rings is 1. The summed E-state index contributed by atoms with van der Waals surface area (Å²) in [7, 11) is 0. The first-order valence-corrected chi connectivity index (χ1v) is 5.48. The van der Waals surface area contributed by atoms with Crippen molar-refractivity contribution in [1.82, 2.24) is 5.48 Å². The van der Waals surface area contributed by atoms with Crippen LogP contribution in [-0.4, -0.2) is 23.2 Å². The minimum absolute atomic E-state index is 0.228. The summed E-state index contributed by atoms with van der Waals surface area (Å²) in [6, 6.07) is 2.98. The molecule has 0 atom stereocenters. The monoisotopic (exact) mass is 290 g/mol. The van der Waals surface area contributed by atoms with Crippen molar-refractivity contribution in [3.05, 3.63) is 34.9 Å². The van der Waals surface area contributed by atoms with E-state index in [1.165, 1.54) is 5.48 Å². The van der Waals surface area contributed by atoms with Crippen LogP contribution in [0, 0.1) is 0 Å². The fourth-order valence-corrected chi connectivity index (χ4v) is 1.56. The SMILES string of the molecule is CC(C)(c1ccc(C(N)=O)c(C(=O)NO)c1)C(F)(F)F. The molecule has 0 heterocycles. The van der Waals surface area contributed by atoms with Crippen molar-refractivity contribution in [3.63, 3.8) is 0 Å². The maximum atomic E-state index is 13.0. The highest BCUT2D eigenvalue weighted by atomic mass is 19.4. The summed E-state index contributed by atoms with van der Waals surface area (Å²) in [4.78, 5) is 22.6. The standard InChI is InChI=1S/C12H13F3N2O3/c1-11(2,12(13,14)15)6-3-4-7(9(16)18)8(5-6)10(19)17-20/h3-5,20H,1-2H3,(H2,16,18)(H,17,19). The van der Waals surface area contributed by atoms with Gasteiger partial charge in [-0.05, 0) is 31.5 Å². The number of hydroxylamine groups is 1. The predicted molar refractivity (Wildman–Crippen MR) is 63.3 cm³/mol. The molecule has 1 aromatic rings. The summed E-state index contributed by atoms with van der Waals surface area (Å²) in [5.41, 5.74) is 3.14. The summed E-state index contributed by atoms with van der Waals surface area (Å²) in [5.74, 6) is -2.10. The van der Waals surface area contributed by atoms with Gasteiger partial charge < -0.3 is 5.73 Å². The van der Waals surface area contributed by atoms with Crippen molar-refractivity contribution < 1.29 is 28.0 Å². The second-order valence-corrected chi connectivity index (χ2v) is 4.69. The van der Waals surface area contributed by atoms with Gasteiger partial charge >= 0.3 is 6.18 Å². The highest BCUT2D eigenvalue weighted by molar-refractivity contribution is 6.06. The summed E-state index contributed by atoms with van der Waals surface area (Å²) in [6.07, 6.45) is -4.55. The zero-order valence-electron chi connectivity index (χ0n) is 10.7. The van der Waals surface area contributed by atoms with E-state index in [9.17, 15) is 22.8 Å². The number of rotatable bonds is 3. The van der Waals surface area contributed by atoms with Crippen LogP contribution in [0.4, 0.5) is 13.2 Å². The molecule has 1 aromatic carbocycles. The lowest BCUT2D eigenvalue weighted by Gasteiger charge is -2.28. The molecule has 0 aliphatic rings. The lowest BCUT2D eigenvalue weighted by Crippen LogP contribution is -2.37. The minimum Gasteiger partial charge on any atom is -0.366 e. The molecule has 0 unspecified atom stereocenters. The molecule has 0 aliphatic heterocycles. The van der Waals surface area contributed by atoms with Crippen LogP contribution in [0.1, 0.15) is 40.1 Å². The number of hydrogen-bond acceptors (Lipinski definition) is 3. The van der Waals surface area contributed by atoms with Gasteiger partial charge in [0.2, 0.25) is 5.91 Å². The number of carbonyl (C=O) groups is 2. The van der Waals surface area contributed by atoms with Gasteiger partial charge in [-0.2, -0.15) is 13.2 Å². The van der Waals surface area contributed by atoms with Crippen LogP contribution >= 0.6 is 0 Å². The Bertz CT molecular complexity index is 553. The van der Waals surface area contributed by atoms with E-state index in [2.05, 4.69) is 0 Å². The van der Waals surface area contributed by atoms with E-state index in [0.717, 1.165) is 32.0 Å². The summed E-state index contributed by atoms with van der Waals surface area (Å²) < 4.78 is 38.9. The first kappa shape index (κ1) is 16.0. The molecule has 0 saturated heterocycles. The first-order valence-electron chi connectivity index (χ1n) is 5.48. The number of nitrogens with two attached hydrogens (primary N) is 1. The van der Waals surface area contributed by atoms with Crippen molar-refractivity contribution in [2.24, 2.45) is 5.73 Å². The molecule has 0 spiro atoms. The molecule has 0 bridgehead atoms. The Kier molecular flexibility index (Phi) is 4.09. The molecule has 0 aliphatic carbocycles. The zero-order chi connectivity index (χ0) is 15.7. The molecule has 0 saturated carbocycles. The Labute approximate surface area is 112 Å². The number of hydrogen-bond donors (Lipinski definition) is 3. The second kappa shape index (κ2) is 5.12. The van der Waals surface area contributed by atoms with Crippen LogP contribution < -0.4 is 11.2 Å². The van der Waals surface area contributed by atoms with Gasteiger partial charge in [-0.25, -0.2) is 5.48 Å². The van der Waals surface area contributed by atoms with E-state index in [-0.39, 0.29) is 11.1 Å². The van der Waals surface area contributed by atoms with Crippen LogP contribution in [0.25, 0.3) is 0 Å². The maximum absolute atomic E-state index is 13.0. The number of alkyl halides is 3. The van der Waals surface area contributed by atoms with Crippen molar-refractivity contribution in [1.29, 1.82) is 0 Å². The maximum Gasteiger partial charge on any atom is 0.397 e. The molecule has 0 radical (unpaired) electrons. The van der Waals surface area contributed by atoms with Crippen molar-refractivity contribution in [2.45, 2.75) is 25.4 Å². The molecule has 0 fully saturated rings. The molecule has 110 valence electrons. The summed E-state index contributed by atoms with van der Waals surface area (Å²) >= 11 is 0. The molecular formula is C12H13F3N2O3. The van der Waals surface area contributed by atoms with Gasteiger partial charge in [-0.3, -0.25) is 14.8 Å². The second-order valence-electron chi connectivity index (χ2n) is 4.69. The van der Waals surface area contributed by atoms with E-state index in [0.29, 0.717) is 0 Å².